The van der Waals surface area contributed by atoms with Crippen molar-refractivity contribution < 1.29 is 0 Å². The lowest BCUT2D eigenvalue weighted by Crippen LogP contribution is -2.29. The summed E-state index contributed by atoms with van der Waals surface area (Å²) in [5.41, 5.74) is 14.7. The topological polar surface area (TPSA) is 47.1 Å². The molecule has 4 nitrogen and oxygen atoms in total. The number of nitrogens with two attached hydrogens (primary N) is 1. The summed E-state index contributed by atoms with van der Waals surface area (Å²) in [5.74, 6) is 0. The highest BCUT2D eigenvalue weighted by Gasteiger charge is 2.20. The van der Waals surface area contributed by atoms with Gasteiger partial charge >= 0.3 is 0 Å². The third kappa shape index (κ3) is 3.29. The Balaban J connectivity index is 0.00000196. The Labute approximate surface area is 161 Å². The van der Waals surface area contributed by atoms with E-state index in [1.165, 1.54) is 27.9 Å². The second-order valence-corrected chi connectivity index (χ2v) is 6.87. The molecule has 0 amide bonds. The molecule has 0 bridgehead atoms. The van der Waals surface area contributed by atoms with Crippen molar-refractivity contribution in [3.63, 3.8) is 0 Å². The van der Waals surface area contributed by atoms with E-state index in [1.54, 1.807) is 0 Å². The minimum Gasteiger partial charge on any atom is -0.398 e. The van der Waals surface area contributed by atoms with E-state index in [2.05, 4.69) is 53.3 Å². The molecule has 2 aromatic carbocycles. The summed E-state index contributed by atoms with van der Waals surface area (Å²) in [6.07, 6.45) is 4.08. The SMILES string of the molecule is Cc1ccc(CN2CCCc3c(N)cccc32)c(-c2ccnn2C)c1.Cl. The van der Waals surface area contributed by atoms with Crippen LogP contribution in [0.4, 0.5) is 11.4 Å². The number of aryl methyl sites for hydroxylation is 2. The number of hydrogen-bond donors (Lipinski definition) is 1. The molecule has 5 heteroatoms. The number of anilines is 2. The number of hydrogen-bond acceptors (Lipinski definition) is 3. The van der Waals surface area contributed by atoms with Crippen LogP contribution in [0.2, 0.25) is 0 Å². The van der Waals surface area contributed by atoms with Crippen LogP contribution < -0.4 is 10.6 Å². The number of aromatic nitrogens is 2. The highest BCUT2D eigenvalue weighted by molar-refractivity contribution is 5.85. The molecule has 0 spiro atoms. The molecule has 3 aromatic rings. The third-order valence-electron chi connectivity index (χ3n) is 5.11. The average molecular weight is 369 g/mol. The van der Waals surface area contributed by atoms with Gasteiger partial charge in [0.15, 0.2) is 0 Å². The van der Waals surface area contributed by atoms with E-state index < -0.39 is 0 Å². The summed E-state index contributed by atoms with van der Waals surface area (Å²) >= 11 is 0. The first-order valence-corrected chi connectivity index (χ1v) is 8.83. The molecule has 1 aliphatic heterocycles. The second-order valence-electron chi connectivity index (χ2n) is 6.87. The quantitative estimate of drug-likeness (QED) is 0.699. The molecule has 0 aliphatic carbocycles. The maximum absolute atomic E-state index is 6.21. The molecule has 0 saturated carbocycles. The van der Waals surface area contributed by atoms with Crippen molar-refractivity contribution in [2.24, 2.45) is 7.05 Å². The molecule has 2 N–H and O–H groups in total. The van der Waals surface area contributed by atoms with Gasteiger partial charge in [0.1, 0.15) is 0 Å². The van der Waals surface area contributed by atoms with E-state index in [4.69, 9.17) is 5.73 Å². The molecule has 4 rings (SSSR count). The summed E-state index contributed by atoms with van der Waals surface area (Å²) < 4.78 is 1.94. The second kappa shape index (κ2) is 7.42. The number of halogens is 1. The van der Waals surface area contributed by atoms with Crippen molar-refractivity contribution in [2.45, 2.75) is 26.3 Å². The molecule has 1 aliphatic rings. The zero-order chi connectivity index (χ0) is 17.4. The Hall–Kier alpha value is -2.46. The number of nitrogen functional groups attached to an aromatic ring is 1. The van der Waals surface area contributed by atoms with Crippen molar-refractivity contribution >= 4 is 23.8 Å². The number of nitrogens with zero attached hydrogens (tertiary/aromatic N) is 3. The highest BCUT2D eigenvalue weighted by atomic mass is 35.5. The Morgan fingerprint density at radius 1 is 1.15 bits per heavy atom. The smallest absolute Gasteiger partial charge is 0.0682 e. The monoisotopic (exact) mass is 368 g/mol. The molecule has 0 saturated heterocycles. The Morgan fingerprint density at radius 2 is 2.00 bits per heavy atom. The van der Waals surface area contributed by atoms with Gasteiger partial charge in [0.2, 0.25) is 0 Å². The van der Waals surface area contributed by atoms with Crippen molar-refractivity contribution in [2.75, 3.05) is 17.2 Å². The van der Waals surface area contributed by atoms with Gasteiger partial charge in [-0.2, -0.15) is 5.10 Å². The maximum Gasteiger partial charge on any atom is 0.0682 e. The van der Waals surface area contributed by atoms with Gasteiger partial charge in [-0.25, -0.2) is 0 Å². The fourth-order valence-electron chi connectivity index (χ4n) is 3.80. The van der Waals surface area contributed by atoms with Crippen LogP contribution in [0.5, 0.6) is 0 Å². The fourth-order valence-corrected chi connectivity index (χ4v) is 3.80. The van der Waals surface area contributed by atoms with Gasteiger partial charge < -0.3 is 10.6 Å². The summed E-state index contributed by atoms with van der Waals surface area (Å²) in [6, 6.07) is 15.1. The van der Waals surface area contributed by atoms with Crippen LogP contribution in [0.1, 0.15) is 23.1 Å². The van der Waals surface area contributed by atoms with Crippen molar-refractivity contribution in [3.05, 3.63) is 65.4 Å². The average Bonchev–Trinajstić information content (AvgIpc) is 3.03. The van der Waals surface area contributed by atoms with Gasteiger partial charge in [0.05, 0.1) is 5.69 Å². The van der Waals surface area contributed by atoms with Crippen molar-refractivity contribution in [3.8, 4) is 11.3 Å². The van der Waals surface area contributed by atoms with E-state index in [1.807, 2.05) is 24.0 Å². The van der Waals surface area contributed by atoms with Gasteiger partial charge in [-0.05, 0) is 55.2 Å². The van der Waals surface area contributed by atoms with Gasteiger partial charge in [-0.15, -0.1) is 12.4 Å². The molecular formula is C21H25ClN4. The lowest BCUT2D eigenvalue weighted by atomic mass is 9.97. The fraction of sp³-hybridized carbons (Fsp3) is 0.286. The number of rotatable bonds is 3. The van der Waals surface area contributed by atoms with Gasteiger partial charge in [0.25, 0.3) is 0 Å². The molecule has 0 unspecified atom stereocenters. The standard InChI is InChI=1S/C21H24N4.ClH/c1-15-8-9-16(18(13-15)20-10-11-23-24(20)2)14-25-12-4-5-17-19(22)6-3-7-21(17)25;/h3,6-11,13H,4-5,12,14,22H2,1-2H3;1H. The first kappa shape index (κ1) is 18.3. The largest absolute Gasteiger partial charge is 0.398 e. The lowest BCUT2D eigenvalue weighted by Gasteiger charge is -2.32. The predicted molar refractivity (Wildman–Crippen MR) is 111 cm³/mol. The molecule has 0 atom stereocenters. The summed E-state index contributed by atoms with van der Waals surface area (Å²) in [5, 5.41) is 4.34. The van der Waals surface area contributed by atoms with Crippen LogP contribution in [0.15, 0.2) is 48.7 Å². The first-order valence-electron chi connectivity index (χ1n) is 8.83. The van der Waals surface area contributed by atoms with Gasteiger partial charge in [-0.3, -0.25) is 4.68 Å². The van der Waals surface area contributed by atoms with E-state index in [0.29, 0.717) is 0 Å². The number of fused-ring (bicyclic) bond motifs is 1. The zero-order valence-corrected chi connectivity index (χ0v) is 16.1. The maximum atomic E-state index is 6.21. The Bertz CT molecular complexity index is 916. The van der Waals surface area contributed by atoms with E-state index >= 15 is 0 Å². The minimum atomic E-state index is 0. The Kier molecular flexibility index (Phi) is 5.23. The van der Waals surface area contributed by atoms with E-state index in [0.717, 1.165) is 37.3 Å². The first-order chi connectivity index (χ1) is 12.1. The van der Waals surface area contributed by atoms with Gasteiger partial charge in [-0.1, -0.05) is 23.8 Å². The molecule has 1 aromatic heterocycles. The lowest BCUT2D eigenvalue weighted by molar-refractivity contribution is 0.692. The molecular weight excluding hydrogens is 344 g/mol. The van der Waals surface area contributed by atoms with Crippen LogP contribution in [-0.4, -0.2) is 16.3 Å². The van der Waals surface area contributed by atoms with E-state index in [9.17, 15) is 0 Å². The molecule has 2 heterocycles. The van der Waals surface area contributed by atoms with Gasteiger partial charge in [0, 0.05) is 43.3 Å². The molecule has 0 fully saturated rings. The molecule has 136 valence electrons. The van der Waals surface area contributed by atoms with Crippen LogP contribution >= 0.6 is 12.4 Å². The highest BCUT2D eigenvalue weighted by Crippen LogP contribution is 2.34. The molecule has 0 radical (unpaired) electrons. The van der Waals surface area contributed by atoms with Crippen molar-refractivity contribution in [1.82, 2.24) is 9.78 Å². The van der Waals surface area contributed by atoms with Crippen LogP contribution in [-0.2, 0) is 20.0 Å². The third-order valence-corrected chi connectivity index (χ3v) is 5.11. The van der Waals surface area contributed by atoms with Crippen LogP contribution in [0.3, 0.4) is 0 Å². The summed E-state index contributed by atoms with van der Waals surface area (Å²) in [6.45, 7) is 4.09. The summed E-state index contributed by atoms with van der Waals surface area (Å²) in [4.78, 5) is 2.46. The van der Waals surface area contributed by atoms with Crippen LogP contribution in [0.25, 0.3) is 11.3 Å². The Morgan fingerprint density at radius 3 is 2.77 bits per heavy atom. The zero-order valence-electron chi connectivity index (χ0n) is 15.3. The predicted octanol–water partition coefficient (Wildman–Crippen LogP) is 4.35. The van der Waals surface area contributed by atoms with Crippen molar-refractivity contribution in [1.29, 1.82) is 0 Å². The van der Waals surface area contributed by atoms with Crippen LogP contribution in [0, 0.1) is 6.92 Å². The normalized spacial score (nSPS) is 13.2. The van der Waals surface area contributed by atoms with E-state index in [-0.39, 0.29) is 12.4 Å². The number of benzene rings is 2. The minimum absolute atomic E-state index is 0. The molecule has 26 heavy (non-hydrogen) atoms. The summed E-state index contributed by atoms with van der Waals surface area (Å²) in [7, 11) is 2.00.